The average Bonchev–Trinajstić information content (AvgIpc) is 3.35. The monoisotopic (exact) mass is 499 g/mol. The van der Waals surface area contributed by atoms with E-state index in [-0.39, 0.29) is 16.6 Å². The number of aliphatic carboxylic acids is 1. The average molecular weight is 500 g/mol. The fourth-order valence-corrected chi connectivity index (χ4v) is 3.40. The zero-order valence-electron chi connectivity index (χ0n) is 19.5. The number of carboxylic acids is 1. The van der Waals surface area contributed by atoms with Crippen molar-refractivity contribution in [3.05, 3.63) is 90.2 Å². The van der Waals surface area contributed by atoms with E-state index in [1.807, 2.05) is 6.07 Å². The van der Waals surface area contributed by atoms with Crippen LogP contribution in [0.1, 0.15) is 19.4 Å². The number of hydrogen-bond acceptors (Lipinski definition) is 6. The standard InChI is InChI=1S/C15H12FN3O3S.C8H10.C2H4O2/c1-17-23(20,21)13-8-4-11(5-9-13)15-18-14(19-22-15)10-2-6-12(16)7-3-10;1-2-8-6-4-3-5-7-8;1-2(3)4/h2-9,17H,1H3;3-7H,2H2,1H3;1H3,(H,3,4). The third-order valence-corrected chi connectivity index (χ3v) is 5.89. The Kier molecular flexibility index (Phi) is 10.2. The van der Waals surface area contributed by atoms with Crippen LogP contribution in [-0.2, 0) is 21.2 Å². The molecule has 1 aromatic heterocycles. The predicted molar refractivity (Wildman–Crippen MR) is 131 cm³/mol. The Bertz CT molecular complexity index is 1300. The zero-order valence-corrected chi connectivity index (χ0v) is 20.3. The molecule has 35 heavy (non-hydrogen) atoms. The maximum atomic E-state index is 12.9. The summed E-state index contributed by atoms with van der Waals surface area (Å²) >= 11 is 0. The Balaban J connectivity index is 0.000000297. The van der Waals surface area contributed by atoms with E-state index in [9.17, 15) is 12.8 Å². The minimum absolute atomic E-state index is 0.141. The number of nitrogens with one attached hydrogen (secondary N) is 1. The van der Waals surface area contributed by atoms with E-state index < -0.39 is 16.0 Å². The van der Waals surface area contributed by atoms with Gasteiger partial charge in [0, 0.05) is 18.1 Å². The number of nitrogens with zero attached hydrogens (tertiary/aromatic N) is 2. The summed E-state index contributed by atoms with van der Waals surface area (Å²) in [5.74, 6) is -0.608. The second-order valence-electron chi connectivity index (χ2n) is 7.02. The Morgan fingerprint density at radius 1 is 0.971 bits per heavy atom. The number of carboxylic acid groups (broad SMARTS) is 1. The van der Waals surface area contributed by atoms with Crippen LogP contribution in [0.3, 0.4) is 0 Å². The summed E-state index contributed by atoms with van der Waals surface area (Å²) in [5.41, 5.74) is 2.61. The number of hydrogen-bond donors (Lipinski definition) is 2. The molecular weight excluding hydrogens is 473 g/mol. The number of rotatable bonds is 5. The number of aromatic nitrogens is 2. The molecule has 1 heterocycles. The van der Waals surface area contributed by atoms with Crippen LogP contribution < -0.4 is 4.72 Å². The Hall–Kier alpha value is -3.89. The lowest BCUT2D eigenvalue weighted by Gasteiger charge is -2.02. The highest BCUT2D eigenvalue weighted by Crippen LogP contribution is 2.23. The molecular formula is C25H26FN3O5S. The highest BCUT2D eigenvalue weighted by Gasteiger charge is 2.14. The summed E-state index contributed by atoms with van der Waals surface area (Å²) in [4.78, 5) is 13.4. The number of aryl methyl sites for hydroxylation is 1. The fourth-order valence-electron chi connectivity index (χ4n) is 2.67. The second-order valence-corrected chi connectivity index (χ2v) is 8.91. The molecule has 0 atom stereocenters. The van der Waals surface area contributed by atoms with Gasteiger partial charge in [-0.1, -0.05) is 42.4 Å². The molecule has 4 aromatic rings. The van der Waals surface area contributed by atoms with E-state index >= 15 is 0 Å². The largest absolute Gasteiger partial charge is 0.481 e. The van der Waals surface area contributed by atoms with Gasteiger partial charge in [-0.3, -0.25) is 4.79 Å². The predicted octanol–water partition coefficient (Wildman–Crippen LogP) is 4.79. The molecule has 0 fully saturated rings. The quantitative estimate of drug-likeness (QED) is 0.405. The van der Waals surface area contributed by atoms with Crippen LogP contribution >= 0.6 is 0 Å². The number of benzene rings is 3. The van der Waals surface area contributed by atoms with Crippen LogP contribution in [0.4, 0.5) is 4.39 Å². The summed E-state index contributed by atoms with van der Waals surface area (Å²) in [6.45, 7) is 3.25. The van der Waals surface area contributed by atoms with Gasteiger partial charge in [0.2, 0.25) is 15.8 Å². The van der Waals surface area contributed by atoms with Crippen molar-refractivity contribution in [2.45, 2.75) is 25.2 Å². The van der Waals surface area contributed by atoms with Crippen LogP contribution in [0, 0.1) is 5.82 Å². The smallest absolute Gasteiger partial charge is 0.300 e. The number of sulfonamides is 1. The normalized spacial score (nSPS) is 10.4. The van der Waals surface area contributed by atoms with E-state index in [4.69, 9.17) is 14.4 Å². The van der Waals surface area contributed by atoms with Gasteiger partial charge >= 0.3 is 0 Å². The Morgan fingerprint density at radius 3 is 2.00 bits per heavy atom. The molecule has 184 valence electrons. The topological polar surface area (TPSA) is 122 Å². The van der Waals surface area contributed by atoms with Crippen LogP contribution in [0.5, 0.6) is 0 Å². The van der Waals surface area contributed by atoms with Crippen LogP contribution in [-0.4, -0.2) is 36.7 Å². The van der Waals surface area contributed by atoms with Crippen LogP contribution in [0.25, 0.3) is 22.8 Å². The first kappa shape index (κ1) is 27.4. The van der Waals surface area contributed by atoms with Crippen LogP contribution in [0.2, 0.25) is 0 Å². The van der Waals surface area contributed by atoms with Crippen molar-refractivity contribution >= 4 is 16.0 Å². The van der Waals surface area contributed by atoms with Crippen molar-refractivity contribution in [2.75, 3.05) is 7.05 Å². The minimum Gasteiger partial charge on any atom is -0.481 e. The van der Waals surface area contributed by atoms with Gasteiger partial charge in [0.1, 0.15) is 5.82 Å². The Labute approximate surface area is 203 Å². The third-order valence-electron chi connectivity index (χ3n) is 4.46. The minimum atomic E-state index is -3.49. The molecule has 0 saturated heterocycles. The first-order valence-corrected chi connectivity index (χ1v) is 12.0. The molecule has 0 aliphatic rings. The van der Waals surface area contributed by atoms with Crippen molar-refractivity contribution < 1.29 is 27.2 Å². The summed E-state index contributed by atoms with van der Waals surface area (Å²) in [5, 5.41) is 11.3. The first-order valence-electron chi connectivity index (χ1n) is 10.5. The lowest BCUT2D eigenvalue weighted by Crippen LogP contribution is -2.18. The highest BCUT2D eigenvalue weighted by molar-refractivity contribution is 7.89. The highest BCUT2D eigenvalue weighted by atomic mass is 32.2. The van der Waals surface area contributed by atoms with Gasteiger partial charge < -0.3 is 9.63 Å². The lowest BCUT2D eigenvalue weighted by molar-refractivity contribution is -0.134. The van der Waals surface area contributed by atoms with Crippen LogP contribution in [0.15, 0.2) is 88.3 Å². The molecule has 3 aromatic carbocycles. The first-order chi connectivity index (χ1) is 16.7. The molecule has 0 bridgehead atoms. The number of carbonyl (C=O) groups is 1. The zero-order chi connectivity index (χ0) is 25.8. The van der Waals surface area contributed by atoms with Gasteiger partial charge in [-0.05, 0) is 67.6 Å². The van der Waals surface area contributed by atoms with Gasteiger partial charge in [-0.15, -0.1) is 0 Å². The van der Waals surface area contributed by atoms with Gasteiger partial charge in [0.15, 0.2) is 0 Å². The van der Waals surface area contributed by atoms with Gasteiger partial charge in [0.25, 0.3) is 11.9 Å². The molecule has 0 unspecified atom stereocenters. The van der Waals surface area contributed by atoms with E-state index in [1.165, 1.54) is 36.9 Å². The van der Waals surface area contributed by atoms with Gasteiger partial charge in [-0.25, -0.2) is 17.5 Å². The molecule has 0 radical (unpaired) electrons. The van der Waals surface area contributed by atoms with Crippen molar-refractivity contribution in [2.24, 2.45) is 0 Å². The van der Waals surface area contributed by atoms with E-state index in [1.54, 1.807) is 24.3 Å². The van der Waals surface area contributed by atoms with E-state index in [2.05, 4.69) is 46.1 Å². The lowest BCUT2D eigenvalue weighted by atomic mass is 10.2. The fraction of sp³-hybridized carbons (Fsp3) is 0.160. The second kappa shape index (κ2) is 13.1. The molecule has 0 spiro atoms. The van der Waals surface area contributed by atoms with Crippen molar-refractivity contribution in [1.29, 1.82) is 0 Å². The summed E-state index contributed by atoms with van der Waals surface area (Å²) < 4.78 is 43.7. The molecule has 0 aliphatic heterocycles. The van der Waals surface area contributed by atoms with E-state index in [0.29, 0.717) is 17.0 Å². The molecule has 0 amide bonds. The van der Waals surface area contributed by atoms with Crippen molar-refractivity contribution in [1.82, 2.24) is 14.9 Å². The summed E-state index contributed by atoms with van der Waals surface area (Å²) in [7, 11) is -2.15. The van der Waals surface area contributed by atoms with Crippen molar-refractivity contribution in [3.63, 3.8) is 0 Å². The molecule has 8 nitrogen and oxygen atoms in total. The summed E-state index contributed by atoms with van der Waals surface area (Å²) in [6.07, 6.45) is 1.14. The van der Waals surface area contributed by atoms with E-state index in [0.717, 1.165) is 13.3 Å². The maximum absolute atomic E-state index is 12.9. The molecule has 0 saturated carbocycles. The Morgan fingerprint density at radius 2 is 1.51 bits per heavy atom. The molecule has 10 heteroatoms. The molecule has 0 aliphatic carbocycles. The SMILES string of the molecule is CC(=O)O.CCc1ccccc1.CNS(=O)(=O)c1ccc(-c2nc(-c3ccc(F)cc3)no2)cc1. The van der Waals surface area contributed by atoms with Gasteiger partial charge in [-0.2, -0.15) is 4.98 Å². The van der Waals surface area contributed by atoms with Crippen molar-refractivity contribution in [3.8, 4) is 22.8 Å². The third kappa shape index (κ3) is 8.76. The summed E-state index contributed by atoms with van der Waals surface area (Å²) in [6, 6.07) is 22.2. The maximum Gasteiger partial charge on any atom is 0.300 e. The van der Waals surface area contributed by atoms with Gasteiger partial charge in [0.05, 0.1) is 4.90 Å². The molecule has 2 N–H and O–H groups in total. The molecule has 4 rings (SSSR count). The number of halogens is 1.